The van der Waals surface area contributed by atoms with Crippen LogP contribution in [0.3, 0.4) is 0 Å². The molecule has 0 saturated carbocycles. The van der Waals surface area contributed by atoms with E-state index in [1.807, 2.05) is 42.6 Å². The van der Waals surface area contributed by atoms with Gasteiger partial charge in [-0.1, -0.05) is 36.4 Å². The van der Waals surface area contributed by atoms with E-state index in [0.29, 0.717) is 25.3 Å². The molecular weight excluding hydrogens is 442 g/mol. The summed E-state index contributed by atoms with van der Waals surface area (Å²) in [4.78, 5) is 2.32. The van der Waals surface area contributed by atoms with Gasteiger partial charge in [-0.2, -0.15) is 0 Å². The molecule has 0 radical (unpaired) electrons. The van der Waals surface area contributed by atoms with Gasteiger partial charge in [0.05, 0.1) is 18.1 Å². The zero-order chi connectivity index (χ0) is 23.5. The number of hydrogen-bond donors (Lipinski definition) is 2. The molecule has 178 valence electrons. The Kier molecular flexibility index (Phi) is 9.47. The number of rotatable bonds is 13. The van der Waals surface area contributed by atoms with Crippen LogP contribution in [0, 0.1) is 0 Å². The van der Waals surface area contributed by atoms with E-state index < -0.39 is 10.0 Å². The van der Waals surface area contributed by atoms with Gasteiger partial charge in [-0.15, -0.1) is 0 Å². The Morgan fingerprint density at radius 2 is 1.97 bits per heavy atom. The average Bonchev–Trinajstić information content (AvgIpc) is 2.81. The number of fused-ring (bicyclic) bond motifs is 1. The van der Waals surface area contributed by atoms with Crippen molar-refractivity contribution in [2.45, 2.75) is 11.4 Å². The Balaban J connectivity index is 1.36. The summed E-state index contributed by atoms with van der Waals surface area (Å²) in [5.41, 5.74) is 2.73. The van der Waals surface area contributed by atoms with Crippen LogP contribution in [0.25, 0.3) is 12.2 Å². The molecule has 9 heteroatoms. The summed E-state index contributed by atoms with van der Waals surface area (Å²) in [6, 6.07) is 13.0. The van der Waals surface area contributed by atoms with Crippen molar-refractivity contribution in [3.05, 3.63) is 71.4 Å². The third kappa shape index (κ3) is 7.99. The molecule has 3 N–H and O–H groups in total. The first kappa shape index (κ1) is 24.9. The Bertz CT molecular complexity index is 1050. The normalized spacial score (nSPS) is 13.5. The molecule has 0 atom stereocenters. The first-order valence-corrected chi connectivity index (χ1v) is 12.3. The van der Waals surface area contributed by atoms with Crippen molar-refractivity contribution in [1.29, 1.82) is 0 Å². The van der Waals surface area contributed by atoms with Gasteiger partial charge in [-0.3, -0.25) is 0 Å². The molecule has 0 unspecified atom stereocenters. The number of benzene rings is 2. The van der Waals surface area contributed by atoms with Crippen molar-refractivity contribution in [1.82, 2.24) is 10.2 Å². The van der Waals surface area contributed by atoms with Crippen LogP contribution in [0.1, 0.15) is 16.7 Å². The van der Waals surface area contributed by atoms with E-state index in [1.54, 1.807) is 19.2 Å². The number of methoxy groups -OCH3 is 1. The van der Waals surface area contributed by atoms with Crippen LogP contribution in [0.4, 0.5) is 0 Å². The van der Waals surface area contributed by atoms with E-state index in [9.17, 15) is 8.42 Å². The maximum Gasteiger partial charge on any atom is 0.238 e. The van der Waals surface area contributed by atoms with Crippen molar-refractivity contribution in [3.63, 3.8) is 0 Å². The van der Waals surface area contributed by atoms with Crippen molar-refractivity contribution in [2.24, 2.45) is 5.14 Å². The van der Waals surface area contributed by atoms with E-state index in [2.05, 4.69) is 22.4 Å². The summed E-state index contributed by atoms with van der Waals surface area (Å²) in [5, 5.41) is 8.71. The zero-order valence-corrected chi connectivity index (χ0v) is 19.6. The van der Waals surface area contributed by atoms with Gasteiger partial charge in [0.25, 0.3) is 0 Å². The van der Waals surface area contributed by atoms with Crippen LogP contribution in [-0.4, -0.2) is 60.1 Å². The van der Waals surface area contributed by atoms with Crippen LogP contribution < -0.4 is 15.2 Å². The highest BCUT2D eigenvalue weighted by atomic mass is 32.2. The summed E-state index contributed by atoms with van der Waals surface area (Å²) in [6.45, 7) is 4.26. The topological polar surface area (TPSA) is 103 Å². The van der Waals surface area contributed by atoms with Gasteiger partial charge in [0.1, 0.15) is 5.75 Å². The molecule has 2 aromatic carbocycles. The van der Waals surface area contributed by atoms with Crippen molar-refractivity contribution in [2.75, 3.05) is 46.8 Å². The molecule has 0 aliphatic carbocycles. The lowest BCUT2D eigenvalue weighted by Gasteiger charge is -2.26. The molecule has 0 aromatic heterocycles. The van der Waals surface area contributed by atoms with E-state index in [0.717, 1.165) is 36.5 Å². The predicted octanol–water partition coefficient (Wildman–Crippen LogP) is 2.42. The van der Waals surface area contributed by atoms with Crippen molar-refractivity contribution in [3.8, 4) is 5.75 Å². The monoisotopic (exact) mass is 473 g/mol. The van der Waals surface area contributed by atoms with Gasteiger partial charge < -0.3 is 24.4 Å². The highest BCUT2D eigenvalue weighted by molar-refractivity contribution is 7.89. The lowest BCUT2D eigenvalue weighted by Crippen LogP contribution is -2.30. The molecule has 8 nitrogen and oxygen atoms in total. The van der Waals surface area contributed by atoms with Crippen molar-refractivity contribution < 1.29 is 22.6 Å². The molecule has 0 saturated heterocycles. The fourth-order valence-corrected chi connectivity index (χ4v) is 4.13. The average molecular weight is 474 g/mol. The molecule has 1 aliphatic rings. The Labute approximate surface area is 195 Å². The lowest BCUT2D eigenvalue weighted by atomic mass is 10.0. The van der Waals surface area contributed by atoms with Crippen LogP contribution in [-0.2, 0) is 26.0 Å². The summed E-state index contributed by atoms with van der Waals surface area (Å²) in [6.07, 6.45) is 7.86. The standard InChI is InChI=1S/C24H31N3O5S/c1-30-16-17-31-19-32-22-9-7-20(8-10-22)4-3-12-26-13-15-27-14-11-23-21(18-27)5-2-6-24(23)33(25,28)29/h2-11,14,26H,12-13,15-19H2,1H3,(H2,25,28,29). The SMILES string of the molecule is COCCOCOc1ccc(C=CCNCCN2C=Cc3c(cccc3S(N)(=O)=O)C2)cc1. The summed E-state index contributed by atoms with van der Waals surface area (Å²) >= 11 is 0. The molecule has 0 fully saturated rings. The van der Waals surface area contributed by atoms with Crippen LogP contribution in [0.15, 0.2) is 59.6 Å². The molecule has 1 heterocycles. The third-order valence-corrected chi connectivity index (χ3v) is 6.03. The fourth-order valence-electron chi connectivity index (χ4n) is 3.36. The van der Waals surface area contributed by atoms with E-state index in [4.69, 9.17) is 19.3 Å². The molecular formula is C24H31N3O5S. The molecule has 1 aliphatic heterocycles. The summed E-state index contributed by atoms with van der Waals surface area (Å²) in [5.74, 6) is 0.759. The minimum absolute atomic E-state index is 0.175. The van der Waals surface area contributed by atoms with Crippen molar-refractivity contribution >= 4 is 22.2 Å². The van der Waals surface area contributed by atoms with Gasteiger partial charge in [0, 0.05) is 45.1 Å². The maximum absolute atomic E-state index is 11.8. The van der Waals surface area contributed by atoms with E-state index >= 15 is 0 Å². The second kappa shape index (κ2) is 12.5. The van der Waals surface area contributed by atoms with Crippen LogP contribution in [0.2, 0.25) is 0 Å². The Morgan fingerprint density at radius 1 is 1.15 bits per heavy atom. The number of nitrogens with zero attached hydrogens (tertiary/aromatic N) is 1. The Morgan fingerprint density at radius 3 is 2.73 bits per heavy atom. The van der Waals surface area contributed by atoms with Crippen LogP contribution in [0.5, 0.6) is 5.75 Å². The Hall–Kier alpha value is -2.69. The smallest absolute Gasteiger partial charge is 0.238 e. The fraction of sp³-hybridized carbons (Fsp3) is 0.333. The van der Waals surface area contributed by atoms with Gasteiger partial charge in [-0.05, 0) is 35.4 Å². The number of primary sulfonamides is 1. The van der Waals surface area contributed by atoms with Gasteiger partial charge in [-0.25, -0.2) is 13.6 Å². The molecule has 3 rings (SSSR count). The van der Waals surface area contributed by atoms with Crippen LogP contribution >= 0.6 is 0 Å². The van der Waals surface area contributed by atoms with Gasteiger partial charge >= 0.3 is 0 Å². The number of nitrogens with two attached hydrogens (primary N) is 1. The second-order valence-corrected chi connectivity index (χ2v) is 9.03. The molecule has 0 bridgehead atoms. The number of hydrogen-bond acceptors (Lipinski definition) is 7. The first-order chi connectivity index (χ1) is 16.0. The maximum atomic E-state index is 11.8. The first-order valence-electron chi connectivity index (χ1n) is 10.7. The molecule has 2 aromatic rings. The number of nitrogens with one attached hydrogen (secondary N) is 1. The lowest BCUT2D eigenvalue weighted by molar-refractivity contribution is -0.00847. The third-order valence-electron chi connectivity index (χ3n) is 5.06. The minimum atomic E-state index is -3.73. The number of sulfonamides is 1. The quantitative estimate of drug-likeness (QED) is 0.340. The molecule has 33 heavy (non-hydrogen) atoms. The largest absolute Gasteiger partial charge is 0.468 e. The summed E-state index contributed by atoms with van der Waals surface area (Å²) < 4.78 is 39.2. The van der Waals surface area contributed by atoms with Gasteiger partial charge in [0.15, 0.2) is 6.79 Å². The predicted molar refractivity (Wildman–Crippen MR) is 129 cm³/mol. The minimum Gasteiger partial charge on any atom is -0.468 e. The number of ether oxygens (including phenoxy) is 3. The summed E-state index contributed by atoms with van der Waals surface area (Å²) in [7, 11) is -2.10. The highest BCUT2D eigenvalue weighted by Gasteiger charge is 2.18. The van der Waals surface area contributed by atoms with E-state index in [1.165, 1.54) is 0 Å². The highest BCUT2D eigenvalue weighted by Crippen LogP contribution is 2.25. The van der Waals surface area contributed by atoms with Gasteiger partial charge in [0.2, 0.25) is 10.0 Å². The van der Waals surface area contributed by atoms with E-state index in [-0.39, 0.29) is 11.7 Å². The molecule has 0 amide bonds. The second-order valence-electron chi connectivity index (χ2n) is 7.50. The zero-order valence-electron chi connectivity index (χ0n) is 18.8. The molecule has 0 spiro atoms.